The molecule has 1 aliphatic heterocycles. The molecule has 0 spiro atoms. The fourth-order valence-electron chi connectivity index (χ4n) is 4.80. The molecule has 0 fully saturated rings. The van der Waals surface area contributed by atoms with Gasteiger partial charge in [-0.15, -0.1) is 0 Å². The van der Waals surface area contributed by atoms with E-state index in [0.29, 0.717) is 32.3 Å². The predicted octanol–water partition coefficient (Wildman–Crippen LogP) is 5.49. The third-order valence-corrected chi connectivity index (χ3v) is 9.18. The van der Waals surface area contributed by atoms with Gasteiger partial charge in [0.25, 0.3) is 5.91 Å². The van der Waals surface area contributed by atoms with Crippen LogP contribution < -0.4 is 10.5 Å². The summed E-state index contributed by atoms with van der Waals surface area (Å²) in [5.74, 6) is -1.83. The SMILES string of the molecule is CCCCCC[C@H](CCCCC[C@@H](O)C(N)=O)OC(=O)[C@@H]1CC=CN1C(=O)c1c(O)cccc1OCOCC[Si](C)(C)C. The molecule has 4 N–H and O–H groups in total. The van der Waals surface area contributed by atoms with Gasteiger partial charge >= 0.3 is 5.97 Å². The molecular formula is C32H52N2O8Si. The summed E-state index contributed by atoms with van der Waals surface area (Å²) in [6, 6.07) is 4.72. The minimum absolute atomic E-state index is 0.0325. The van der Waals surface area contributed by atoms with Crippen molar-refractivity contribution in [3.8, 4) is 11.5 Å². The maximum atomic E-state index is 13.6. The van der Waals surface area contributed by atoms with Crippen molar-refractivity contribution < 1.29 is 38.8 Å². The summed E-state index contributed by atoms with van der Waals surface area (Å²) in [6.45, 7) is 9.39. The van der Waals surface area contributed by atoms with Gasteiger partial charge < -0.3 is 35.1 Å². The number of amides is 2. The van der Waals surface area contributed by atoms with E-state index < -0.39 is 38.0 Å². The molecule has 11 heteroatoms. The van der Waals surface area contributed by atoms with Crippen molar-refractivity contribution in [3.05, 3.63) is 36.0 Å². The molecule has 1 heterocycles. The molecule has 0 saturated heterocycles. The molecule has 10 nitrogen and oxygen atoms in total. The van der Waals surface area contributed by atoms with Crippen LogP contribution in [0.25, 0.3) is 0 Å². The lowest BCUT2D eigenvalue weighted by Gasteiger charge is -2.26. The number of carbonyl (C=O) groups is 3. The average molecular weight is 621 g/mol. The second-order valence-electron chi connectivity index (χ2n) is 12.4. The highest BCUT2D eigenvalue weighted by molar-refractivity contribution is 6.76. The molecule has 0 saturated carbocycles. The summed E-state index contributed by atoms with van der Waals surface area (Å²) in [7, 11) is -1.26. The molecule has 2 amide bonds. The van der Waals surface area contributed by atoms with Crippen LogP contribution in [0, 0.1) is 0 Å². The Morgan fingerprint density at radius 1 is 1.05 bits per heavy atom. The zero-order valence-corrected chi connectivity index (χ0v) is 27.4. The first-order chi connectivity index (χ1) is 20.4. The topological polar surface area (TPSA) is 149 Å². The third-order valence-electron chi connectivity index (χ3n) is 7.47. The van der Waals surface area contributed by atoms with Crippen molar-refractivity contribution in [1.82, 2.24) is 4.90 Å². The summed E-state index contributed by atoms with van der Waals surface area (Å²) in [4.78, 5) is 39.4. The molecule has 0 aromatic heterocycles. The average Bonchev–Trinajstić information content (AvgIpc) is 3.44. The van der Waals surface area contributed by atoms with Crippen LogP contribution in [-0.2, 0) is 19.1 Å². The van der Waals surface area contributed by atoms with Crippen LogP contribution in [0.4, 0.5) is 0 Å². The van der Waals surface area contributed by atoms with Crippen molar-refractivity contribution >= 4 is 25.9 Å². The van der Waals surface area contributed by atoms with Gasteiger partial charge in [-0.25, -0.2) is 4.79 Å². The number of rotatable bonds is 21. The standard InChI is InChI=1S/C32H52N2O8Si/c1-5-6-7-9-14-24(15-10-8-11-17-27(36)30(33)37)42-32(39)25-16-13-20-34(25)31(38)29-26(35)18-12-19-28(29)41-23-40-21-22-43(2,3)4/h12-13,18-20,24-25,27,35-36H,5-11,14-17,21-23H2,1-4H3,(H2,33,37)/t24-,25+,27-/m1/s1. The number of primary amides is 1. The van der Waals surface area contributed by atoms with Gasteiger partial charge in [0.1, 0.15) is 35.3 Å². The van der Waals surface area contributed by atoms with Crippen LogP contribution in [0.15, 0.2) is 30.5 Å². The quantitative estimate of drug-likeness (QED) is 0.0707. The van der Waals surface area contributed by atoms with E-state index in [1.54, 1.807) is 24.4 Å². The zero-order valence-electron chi connectivity index (χ0n) is 26.4. The Morgan fingerprint density at radius 3 is 2.37 bits per heavy atom. The summed E-state index contributed by atoms with van der Waals surface area (Å²) >= 11 is 0. The number of nitrogens with two attached hydrogens (primary N) is 1. The Morgan fingerprint density at radius 2 is 1.72 bits per heavy atom. The van der Waals surface area contributed by atoms with Crippen molar-refractivity contribution in [1.29, 1.82) is 0 Å². The lowest BCUT2D eigenvalue weighted by Crippen LogP contribution is -2.41. The highest BCUT2D eigenvalue weighted by Gasteiger charge is 2.36. The maximum Gasteiger partial charge on any atom is 0.329 e. The van der Waals surface area contributed by atoms with Crippen LogP contribution in [0.1, 0.15) is 87.9 Å². The molecule has 1 aliphatic rings. The normalized spacial score (nSPS) is 16.2. The first kappa shape index (κ1) is 36.3. The van der Waals surface area contributed by atoms with Gasteiger partial charge in [0.05, 0.1) is 0 Å². The third kappa shape index (κ3) is 13.1. The number of phenols is 1. The molecule has 0 unspecified atom stereocenters. The van der Waals surface area contributed by atoms with Gasteiger partial charge in [-0.2, -0.15) is 0 Å². The number of carbonyl (C=O) groups excluding carboxylic acids is 3. The monoisotopic (exact) mass is 620 g/mol. The van der Waals surface area contributed by atoms with Crippen molar-refractivity contribution in [2.75, 3.05) is 13.4 Å². The van der Waals surface area contributed by atoms with Gasteiger partial charge in [0.2, 0.25) is 5.91 Å². The van der Waals surface area contributed by atoms with E-state index in [1.165, 1.54) is 11.0 Å². The number of hydrogen-bond acceptors (Lipinski definition) is 8. The first-order valence-electron chi connectivity index (χ1n) is 15.6. The molecule has 242 valence electrons. The van der Waals surface area contributed by atoms with Gasteiger partial charge in [0.15, 0.2) is 6.79 Å². The molecule has 1 aromatic carbocycles. The number of nitrogens with zero attached hydrogens (tertiary/aromatic N) is 1. The molecule has 0 bridgehead atoms. The van der Waals surface area contributed by atoms with E-state index in [0.717, 1.165) is 51.0 Å². The summed E-state index contributed by atoms with van der Waals surface area (Å²) in [5.41, 5.74) is 5.09. The molecule has 3 atom stereocenters. The molecule has 0 aliphatic carbocycles. The first-order valence-corrected chi connectivity index (χ1v) is 19.3. The fraction of sp³-hybridized carbons (Fsp3) is 0.656. The van der Waals surface area contributed by atoms with E-state index in [1.807, 2.05) is 0 Å². The van der Waals surface area contributed by atoms with Gasteiger partial charge in [0, 0.05) is 20.9 Å². The van der Waals surface area contributed by atoms with E-state index in [4.69, 9.17) is 19.9 Å². The number of phenolic OH excluding ortho intramolecular Hbond substituents is 1. The lowest BCUT2D eigenvalue weighted by atomic mass is 10.0. The summed E-state index contributed by atoms with van der Waals surface area (Å²) < 4.78 is 17.3. The van der Waals surface area contributed by atoms with E-state index in [2.05, 4.69) is 26.6 Å². The Hall–Kier alpha value is -2.89. The number of unbranched alkanes of at least 4 members (excludes halogenated alkanes) is 5. The number of hydrogen-bond donors (Lipinski definition) is 3. The van der Waals surface area contributed by atoms with Gasteiger partial charge in [-0.05, 0) is 56.7 Å². The summed E-state index contributed by atoms with van der Waals surface area (Å²) in [6.07, 6.45) is 10.2. The minimum Gasteiger partial charge on any atom is -0.507 e. The lowest BCUT2D eigenvalue weighted by molar-refractivity contribution is -0.154. The fourth-order valence-corrected chi connectivity index (χ4v) is 5.56. The molecule has 1 aromatic rings. The van der Waals surface area contributed by atoms with Gasteiger partial charge in [-0.3, -0.25) is 9.59 Å². The Balaban J connectivity index is 2.02. The Kier molecular flexibility index (Phi) is 15.8. The highest BCUT2D eigenvalue weighted by atomic mass is 28.3. The maximum absolute atomic E-state index is 13.6. The number of aromatic hydroxyl groups is 1. The summed E-state index contributed by atoms with van der Waals surface area (Å²) in [5, 5.41) is 20.2. The van der Waals surface area contributed by atoms with E-state index in [-0.39, 0.29) is 30.0 Å². The minimum atomic E-state index is -1.26. The van der Waals surface area contributed by atoms with Gasteiger partial charge in [-0.1, -0.05) is 70.8 Å². The van der Waals surface area contributed by atoms with Crippen molar-refractivity contribution in [3.63, 3.8) is 0 Å². The Labute approximate surface area is 257 Å². The second kappa shape index (κ2) is 18.7. The van der Waals surface area contributed by atoms with Crippen LogP contribution >= 0.6 is 0 Å². The van der Waals surface area contributed by atoms with Crippen LogP contribution in [0.5, 0.6) is 11.5 Å². The second-order valence-corrected chi connectivity index (χ2v) is 18.1. The Bertz CT molecular complexity index is 1060. The molecule has 2 rings (SSSR count). The van der Waals surface area contributed by atoms with Crippen LogP contribution in [-0.4, -0.2) is 72.6 Å². The zero-order chi connectivity index (χ0) is 31.8. The smallest absolute Gasteiger partial charge is 0.329 e. The van der Waals surface area contributed by atoms with Crippen LogP contribution in [0.3, 0.4) is 0 Å². The van der Waals surface area contributed by atoms with Crippen LogP contribution in [0.2, 0.25) is 25.7 Å². The van der Waals surface area contributed by atoms with Crippen molar-refractivity contribution in [2.24, 2.45) is 5.73 Å². The number of aliphatic hydroxyl groups is 1. The largest absolute Gasteiger partial charge is 0.507 e. The highest BCUT2D eigenvalue weighted by Crippen LogP contribution is 2.32. The molecule has 0 radical (unpaired) electrons. The molecular weight excluding hydrogens is 568 g/mol. The van der Waals surface area contributed by atoms with E-state index in [9.17, 15) is 24.6 Å². The number of esters is 1. The number of ether oxygens (including phenoxy) is 3. The van der Waals surface area contributed by atoms with Crippen molar-refractivity contribution in [2.45, 2.75) is 121 Å². The number of aliphatic hydroxyl groups excluding tert-OH is 1. The molecule has 43 heavy (non-hydrogen) atoms. The number of benzene rings is 1. The van der Waals surface area contributed by atoms with E-state index >= 15 is 0 Å². The predicted molar refractivity (Wildman–Crippen MR) is 168 cm³/mol.